The molecule has 0 aromatic heterocycles. The van der Waals surface area contributed by atoms with Crippen LogP contribution < -0.4 is 10.7 Å². The van der Waals surface area contributed by atoms with Crippen molar-refractivity contribution in [3.05, 3.63) is 20.3 Å². The van der Waals surface area contributed by atoms with Crippen molar-refractivity contribution in [1.82, 2.24) is 4.90 Å². The summed E-state index contributed by atoms with van der Waals surface area (Å²) in [5.41, 5.74) is 1.54. The minimum atomic E-state index is -0.0863. The molecule has 1 aromatic rings. The van der Waals surface area contributed by atoms with Crippen LogP contribution in [0.1, 0.15) is 39.7 Å². The Morgan fingerprint density at radius 2 is 1.90 bits per heavy atom. The average molecular weight is 312 g/mol. The molecule has 21 heavy (non-hydrogen) atoms. The Morgan fingerprint density at radius 1 is 1.24 bits per heavy atom. The van der Waals surface area contributed by atoms with Gasteiger partial charge in [-0.05, 0) is 25.4 Å². The molecule has 0 atom stereocenters. The Bertz CT molecular complexity index is 513. The maximum Gasteiger partial charge on any atom is 0.220 e. The molecule has 0 radical (unpaired) electrons. The van der Waals surface area contributed by atoms with Crippen molar-refractivity contribution in [3.63, 3.8) is 0 Å². The molecule has 0 unspecified atom stereocenters. The van der Waals surface area contributed by atoms with Crippen LogP contribution in [-0.4, -0.2) is 44.8 Å². The van der Waals surface area contributed by atoms with Crippen molar-refractivity contribution >= 4 is 17.9 Å². The third-order valence-electron chi connectivity index (χ3n) is 3.43. The van der Waals surface area contributed by atoms with E-state index < -0.39 is 0 Å². The van der Waals surface area contributed by atoms with Crippen LogP contribution in [0.2, 0.25) is 0 Å². The zero-order chi connectivity index (χ0) is 16.0. The van der Waals surface area contributed by atoms with Crippen LogP contribution in [-0.2, 0) is 10.2 Å². The minimum absolute atomic E-state index is 0.0300. The highest BCUT2D eigenvalue weighted by Crippen LogP contribution is 2.30. The fraction of sp³-hybridized carbons (Fsp3) is 0.750. The Morgan fingerprint density at radius 3 is 2.48 bits per heavy atom. The number of hydrogen-bond donors (Lipinski definition) is 1. The summed E-state index contributed by atoms with van der Waals surface area (Å²) in [5, 5.41) is 3.17. The summed E-state index contributed by atoms with van der Waals surface area (Å²) in [6.45, 7) is 12.4. The van der Waals surface area contributed by atoms with Crippen molar-refractivity contribution in [2.75, 3.05) is 45.2 Å². The van der Waals surface area contributed by atoms with Gasteiger partial charge < -0.3 is 15.0 Å². The minimum Gasteiger partial charge on any atom is -0.379 e. The summed E-state index contributed by atoms with van der Waals surface area (Å²) in [6.07, 6.45) is 1.16. The monoisotopic (exact) mass is 312 g/mol. The highest BCUT2D eigenvalue weighted by Gasteiger charge is 2.27. The second kappa shape index (κ2) is 8.01. The Labute approximate surface area is 133 Å². The summed E-state index contributed by atoms with van der Waals surface area (Å²) in [6, 6.07) is 0. The van der Waals surface area contributed by atoms with E-state index in [1.54, 1.807) is 0 Å². The maximum atomic E-state index is 11.8. The molecule has 5 heteroatoms. The molecule has 0 fully saturated rings. The number of anilines is 1. The van der Waals surface area contributed by atoms with Crippen LogP contribution in [0.4, 0.5) is 5.69 Å². The SMILES string of the molecule is CCCN(C)CCOCCNc1c(C(C)(C)C)c(=S)c1=O. The van der Waals surface area contributed by atoms with Gasteiger partial charge in [-0.1, -0.05) is 39.9 Å². The van der Waals surface area contributed by atoms with E-state index >= 15 is 0 Å². The van der Waals surface area contributed by atoms with E-state index in [1.807, 2.05) is 0 Å². The molecule has 0 bridgehead atoms. The molecular weight excluding hydrogens is 284 g/mol. The van der Waals surface area contributed by atoms with Gasteiger partial charge in [-0.2, -0.15) is 0 Å². The first-order valence-corrected chi connectivity index (χ1v) is 8.03. The standard InChI is InChI=1S/C16H28N2O2S/c1-6-8-18(5)9-11-20-10-7-17-13-12(16(2,3)4)15(21)14(13)19/h17H,6-11H2,1-5H3. The molecule has 0 aliphatic heterocycles. The lowest BCUT2D eigenvalue weighted by Crippen LogP contribution is -2.30. The lowest BCUT2D eigenvalue weighted by Gasteiger charge is -2.25. The predicted octanol–water partition coefficient (Wildman–Crippen LogP) is 2.72. The quantitative estimate of drug-likeness (QED) is 0.561. The Kier molecular flexibility index (Phi) is 6.97. The summed E-state index contributed by atoms with van der Waals surface area (Å²) in [4.78, 5) is 14.0. The van der Waals surface area contributed by atoms with Gasteiger partial charge in [-0.3, -0.25) is 4.79 Å². The smallest absolute Gasteiger partial charge is 0.220 e. The summed E-state index contributed by atoms with van der Waals surface area (Å²) < 4.78 is 6.06. The van der Waals surface area contributed by atoms with Crippen molar-refractivity contribution in [2.24, 2.45) is 0 Å². The van der Waals surface area contributed by atoms with Gasteiger partial charge in [0.25, 0.3) is 0 Å². The first-order chi connectivity index (χ1) is 9.79. The molecule has 1 rings (SSSR count). The molecule has 0 amide bonds. The highest BCUT2D eigenvalue weighted by molar-refractivity contribution is 7.71. The van der Waals surface area contributed by atoms with Crippen molar-refractivity contribution in [1.29, 1.82) is 0 Å². The fourth-order valence-corrected chi connectivity index (χ4v) is 2.85. The number of rotatable bonds is 9. The van der Waals surface area contributed by atoms with Crippen LogP contribution >= 0.6 is 12.2 Å². The normalized spacial score (nSPS) is 12.3. The zero-order valence-electron chi connectivity index (χ0n) is 13.9. The van der Waals surface area contributed by atoms with E-state index in [9.17, 15) is 4.79 Å². The van der Waals surface area contributed by atoms with E-state index in [4.69, 9.17) is 17.0 Å². The summed E-state index contributed by atoms with van der Waals surface area (Å²) in [5.74, 6) is 0. The van der Waals surface area contributed by atoms with Crippen molar-refractivity contribution in [3.8, 4) is 0 Å². The van der Waals surface area contributed by atoms with Gasteiger partial charge in [0.15, 0.2) is 0 Å². The average Bonchev–Trinajstić information content (AvgIpc) is 2.39. The van der Waals surface area contributed by atoms with E-state index in [2.05, 4.69) is 45.0 Å². The molecular formula is C16H28N2O2S. The molecule has 0 saturated carbocycles. The van der Waals surface area contributed by atoms with Gasteiger partial charge in [-0.25, -0.2) is 0 Å². The first-order valence-electron chi connectivity index (χ1n) is 7.63. The molecule has 0 aliphatic rings. The Balaban J connectivity index is 2.30. The second-order valence-electron chi connectivity index (χ2n) is 6.50. The lowest BCUT2D eigenvalue weighted by molar-refractivity contribution is 0.119. The van der Waals surface area contributed by atoms with Crippen LogP contribution in [0.5, 0.6) is 0 Å². The molecule has 4 nitrogen and oxygen atoms in total. The fourth-order valence-electron chi connectivity index (χ4n) is 2.34. The molecule has 0 saturated heterocycles. The molecule has 0 spiro atoms. The number of nitrogens with one attached hydrogen (secondary N) is 1. The molecule has 1 aromatic carbocycles. The molecule has 0 heterocycles. The molecule has 0 aliphatic carbocycles. The third kappa shape index (κ3) is 5.16. The van der Waals surface area contributed by atoms with Crippen LogP contribution in [0.25, 0.3) is 0 Å². The van der Waals surface area contributed by atoms with Gasteiger partial charge in [0.05, 0.1) is 23.4 Å². The van der Waals surface area contributed by atoms with Crippen molar-refractivity contribution in [2.45, 2.75) is 39.5 Å². The number of nitrogens with zero attached hydrogens (tertiary/aromatic N) is 1. The van der Waals surface area contributed by atoms with Gasteiger partial charge in [0.1, 0.15) is 0 Å². The second-order valence-corrected chi connectivity index (χ2v) is 6.91. The van der Waals surface area contributed by atoms with E-state index in [1.165, 1.54) is 0 Å². The Hall–Kier alpha value is -0.780. The van der Waals surface area contributed by atoms with Crippen molar-refractivity contribution < 1.29 is 4.74 Å². The predicted molar refractivity (Wildman–Crippen MR) is 91.7 cm³/mol. The van der Waals surface area contributed by atoms with E-state index in [0.29, 0.717) is 23.3 Å². The zero-order valence-corrected chi connectivity index (χ0v) is 14.7. The first kappa shape index (κ1) is 18.3. The molecule has 120 valence electrons. The summed E-state index contributed by atoms with van der Waals surface area (Å²) >= 11 is 5.14. The largest absolute Gasteiger partial charge is 0.379 e. The number of ether oxygens (including phenoxy) is 1. The van der Waals surface area contributed by atoms with Gasteiger partial charge >= 0.3 is 0 Å². The van der Waals surface area contributed by atoms with E-state index in [0.717, 1.165) is 31.7 Å². The van der Waals surface area contributed by atoms with Crippen LogP contribution in [0, 0.1) is 4.51 Å². The lowest BCUT2D eigenvalue weighted by atomic mass is 9.83. The van der Waals surface area contributed by atoms with Crippen LogP contribution in [0.3, 0.4) is 0 Å². The van der Waals surface area contributed by atoms with E-state index in [-0.39, 0.29) is 10.8 Å². The maximum absolute atomic E-state index is 11.8. The highest BCUT2D eigenvalue weighted by atomic mass is 32.1. The van der Waals surface area contributed by atoms with Gasteiger partial charge in [-0.15, -0.1) is 0 Å². The third-order valence-corrected chi connectivity index (χ3v) is 3.82. The van der Waals surface area contributed by atoms with Gasteiger partial charge in [0, 0.05) is 18.7 Å². The topological polar surface area (TPSA) is 41.6 Å². The summed E-state index contributed by atoms with van der Waals surface area (Å²) in [7, 11) is 2.10. The van der Waals surface area contributed by atoms with Gasteiger partial charge in [0.2, 0.25) is 5.43 Å². The number of likely N-dealkylation sites (N-methyl/N-ethyl adjacent to an activating group) is 1. The van der Waals surface area contributed by atoms with Crippen LogP contribution in [0.15, 0.2) is 4.79 Å². The number of hydrogen-bond acceptors (Lipinski definition) is 5. The molecule has 1 N–H and O–H groups in total.